The van der Waals surface area contributed by atoms with Crippen molar-refractivity contribution in [1.82, 2.24) is 5.32 Å². The Balaban J connectivity index is 3.76. The van der Waals surface area contributed by atoms with E-state index in [1.165, 1.54) is 0 Å². The zero-order valence-electron chi connectivity index (χ0n) is 9.85. The van der Waals surface area contributed by atoms with Crippen LogP contribution in [0.15, 0.2) is 0 Å². The Morgan fingerprint density at radius 1 is 1.36 bits per heavy atom. The number of carbonyl (C=O) groups excluding carboxylic acids is 1. The first kappa shape index (κ1) is 13.4. The topological polar surface area (TPSA) is 38.3 Å². The van der Waals surface area contributed by atoms with Crippen molar-refractivity contribution < 1.29 is 9.53 Å². The minimum Gasteiger partial charge on any atom is -0.382 e. The Hall–Kier alpha value is -0.570. The summed E-state index contributed by atoms with van der Waals surface area (Å²) in [7, 11) is 0. The first-order chi connectivity index (χ1) is 6.54. The number of nitrogens with one attached hydrogen (secondary N) is 1. The summed E-state index contributed by atoms with van der Waals surface area (Å²) in [4.78, 5) is 11.6. The Morgan fingerprint density at radius 3 is 2.50 bits per heavy atom. The number of carbonyl (C=O) groups is 1. The molecular weight excluding hydrogens is 178 g/mol. The van der Waals surface area contributed by atoms with Gasteiger partial charge < -0.3 is 10.1 Å². The van der Waals surface area contributed by atoms with Gasteiger partial charge in [0, 0.05) is 25.2 Å². The van der Waals surface area contributed by atoms with Gasteiger partial charge in [-0.25, -0.2) is 0 Å². The molecule has 0 radical (unpaired) electrons. The van der Waals surface area contributed by atoms with Crippen LogP contribution >= 0.6 is 0 Å². The quantitative estimate of drug-likeness (QED) is 0.639. The molecule has 3 heteroatoms. The summed E-state index contributed by atoms with van der Waals surface area (Å²) in [6.07, 6.45) is 1.82. The zero-order valence-corrected chi connectivity index (χ0v) is 9.85. The highest BCUT2D eigenvalue weighted by Crippen LogP contribution is 2.22. The van der Waals surface area contributed by atoms with Gasteiger partial charge in [0.25, 0.3) is 0 Å². The van der Waals surface area contributed by atoms with E-state index in [1.54, 1.807) is 0 Å². The second kappa shape index (κ2) is 6.82. The lowest BCUT2D eigenvalue weighted by atomic mass is 9.87. The van der Waals surface area contributed by atoms with E-state index in [2.05, 4.69) is 5.32 Å². The van der Waals surface area contributed by atoms with Crippen LogP contribution in [0.3, 0.4) is 0 Å². The molecule has 0 bridgehead atoms. The summed E-state index contributed by atoms with van der Waals surface area (Å²) in [5, 5.41) is 2.85. The third-order valence-corrected chi connectivity index (χ3v) is 2.25. The minimum atomic E-state index is -0.271. The normalized spacial score (nSPS) is 11.4. The van der Waals surface area contributed by atoms with Crippen LogP contribution in [0.5, 0.6) is 0 Å². The van der Waals surface area contributed by atoms with Gasteiger partial charge in [0.1, 0.15) is 0 Å². The maximum atomic E-state index is 11.6. The maximum Gasteiger partial charge on any atom is 0.225 e. The average Bonchev–Trinajstić information content (AvgIpc) is 2.13. The third-order valence-electron chi connectivity index (χ3n) is 2.25. The van der Waals surface area contributed by atoms with Crippen LogP contribution in [-0.2, 0) is 9.53 Å². The van der Waals surface area contributed by atoms with Gasteiger partial charge in [-0.3, -0.25) is 4.79 Å². The predicted octanol–water partition coefficient (Wildman–Crippen LogP) is 1.97. The molecule has 0 aromatic rings. The number of rotatable bonds is 7. The fourth-order valence-corrected chi connectivity index (χ4v) is 1.27. The van der Waals surface area contributed by atoms with E-state index in [-0.39, 0.29) is 11.3 Å². The molecule has 0 saturated heterocycles. The van der Waals surface area contributed by atoms with E-state index in [1.807, 2.05) is 27.7 Å². The third kappa shape index (κ3) is 5.22. The van der Waals surface area contributed by atoms with Crippen molar-refractivity contribution in [3.8, 4) is 0 Å². The fourth-order valence-electron chi connectivity index (χ4n) is 1.27. The monoisotopic (exact) mass is 201 g/mol. The number of hydrogen-bond donors (Lipinski definition) is 1. The van der Waals surface area contributed by atoms with Gasteiger partial charge in [-0.15, -0.1) is 0 Å². The second-order valence-electron chi connectivity index (χ2n) is 4.04. The predicted molar refractivity (Wildman–Crippen MR) is 58.2 cm³/mol. The van der Waals surface area contributed by atoms with Crippen molar-refractivity contribution >= 4 is 5.91 Å². The van der Waals surface area contributed by atoms with Gasteiger partial charge in [0.05, 0.1) is 0 Å². The maximum absolute atomic E-state index is 11.6. The van der Waals surface area contributed by atoms with Crippen LogP contribution in [0.4, 0.5) is 0 Å². The number of amides is 1. The molecule has 0 aromatic carbocycles. The Labute approximate surface area is 87.2 Å². The van der Waals surface area contributed by atoms with E-state index in [0.717, 1.165) is 26.1 Å². The summed E-state index contributed by atoms with van der Waals surface area (Å²) >= 11 is 0. The minimum absolute atomic E-state index is 0.136. The lowest BCUT2D eigenvalue weighted by molar-refractivity contribution is -0.129. The molecule has 0 unspecified atom stereocenters. The lowest BCUT2D eigenvalue weighted by Crippen LogP contribution is -2.36. The smallest absolute Gasteiger partial charge is 0.225 e. The number of ether oxygens (including phenoxy) is 1. The van der Waals surface area contributed by atoms with Crippen LogP contribution in [0.2, 0.25) is 0 Å². The Kier molecular flexibility index (Phi) is 6.54. The summed E-state index contributed by atoms with van der Waals surface area (Å²) in [6, 6.07) is 0. The molecule has 1 N–H and O–H groups in total. The highest BCUT2D eigenvalue weighted by Gasteiger charge is 2.25. The second-order valence-corrected chi connectivity index (χ2v) is 4.04. The van der Waals surface area contributed by atoms with Gasteiger partial charge in [-0.2, -0.15) is 0 Å². The first-order valence-electron chi connectivity index (χ1n) is 5.40. The molecule has 0 heterocycles. The molecule has 0 spiro atoms. The molecule has 3 nitrogen and oxygen atoms in total. The first-order valence-corrected chi connectivity index (χ1v) is 5.40. The van der Waals surface area contributed by atoms with Crippen molar-refractivity contribution in [2.45, 2.75) is 40.5 Å². The van der Waals surface area contributed by atoms with E-state index in [9.17, 15) is 4.79 Å². The van der Waals surface area contributed by atoms with Gasteiger partial charge in [-0.05, 0) is 26.7 Å². The summed E-state index contributed by atoms with van der Waals surface area (Å²) in [6.45, 7) is 10.1. The Morgan fingerprint density at radius 2 is 2.00 bits per heavy atom. The van der Waals surface area contributed by atoms with E-state index >= 15 is 0 Å². The van der Waals surface area contributed by atoms with Gasteiger partial charge in [-0.1, -0.05) is 13.8 Å². The van der Waals surface area contributed by atoms with Crippen molar-refractivity contribution in [2.75, 3.05) is 19.8 Å². The largest absolute Gasteiger partial charge is 0.382 e. The fraction of sp³-hybridized carbons (Fsp3) is 0.909. The molecule has 0 rings (SSSR count). The van der Waals surface area contributed by atoms with Crippen molar-refractivity contribution in [1.29, 1.82) is 0 Å². The molecule has 0 fully saturated rings. The highest BCUT2D eigenvalue weighted by atomic mass is 16.5. The van der Waals surface area contributed by atoms with Crippen molar-refractivity contribution in [3.05, 3.63) is 0 Å². The SMILES string of the molecule is CCNC(=O)C(C)(C)CCCOCC. The summed E-state index contributed by atoms with van der Waals surface area (Å²) in [5.74, 6) is 0.136. The van der Waals surface area contributed by atoms with Gasteiger partial charge >= 0.3 is 0 Å². The standard InChI is InChI=1S/C11H23NO2/c1-5-12-10(13)11(3,4)8-7-9-14-6-2/h5-9H2,1-4H3,(H,12,13). The summed E-state index contributed by atoms with van der Waals surface area (Å²) < 4.78 is 5.24. The highest BCUT2D eigenvalue weighted by molar-refractivity contribution is 5.81. The van der Waals surface area contributed by atoms with Gasteiger partial charge in [0.15, 0.2) is 0 Å². The van der Waals surface area contributed by atoms with Crippen LogP contribution < -0.4 is 5.32 Å². The molecule has 14 heavy (non-hydrogen) atoms. The van der Waals surface area contributed by atoms with E-state index in [4.69, 9.17) is 4.74 Å². The molecule has 0 saturated carbocycles. The van der Waals surface area contributed by atoms with E-state index in [0.29, 0.717) is 6.54 Å². The lowest BCUT2D eigenvalue weighted by Gasteiger charge is -2.22. The molecule has 0 aliphatic heterocycles. The van der Waals surface area contributed by atoms with Crippen molar-refractivity contribution in [2.24, 2.45) is 5.41 Å². The van der Waals surface area contributed by atoms with Crippen LogP contribution in [0, 0.1) is 5.41 Å². The number of hydrogen-bond acceptors (Lipinski definition) is 2. The average molecular weight is 201 g/mol. The zero-order chi connectivity index (χ0) is 11.0. The van der Waals surface area contributed by atoms with E-state index < -0.39 is 0 Å². The van der Waals surface area contributed by atoms with Crippen LogP contribution in [0.25, 0.3) is 0 Å². The molecule has 0 aromatic heterocycles. The molecule has 1 amide bonds. The van der Waals surface area contributed by atoms with Crippen LogP contribution in [-0.4, -0.2) is 25.7 Å². The Bertz CT molecular complexity index is 167. The molecular formula is C11H23NO2. The van der Waals surface area contributed by atoms with Crippen molar-refractivity contribution in [3.63, 3.8) is 0 Å². The molecule has 0 aliphatic carbocycles. The van der Waals surface area contributed by atoms with Crippen LogP contribution in [0.1, 0.15) is 40.5 Å². The van der Waals surface area contributed by atoms with Gasteiger partial charge in [0.2, 0.25) is 5.91 Å². The molecule has 0 atom stereocenters. The molecule has 84 valence electrons. The summed E-state index contributed by atoms with van der Waals surface area (Å²) in [5.41, 5.74) is -0.271. The molecule has 0 aliphatic rings.